The molecule has 6 nitrogen and oxygen atoms in total. The van der Waals surface area contributed by atoms with Crippen LogP contribution in [0.4, 0.5) is 4.79 Å². The molecule has 0 aromatic heterocycles. The lowest BCUT2D eigenvalue weighted by Gasteiger charge is -2.22. The third-order valence-electron chi connectivity index (χ3n) is 4.06. The summed E-state index contributed by atoms with van der Waals surface area (Å²) < 4.78 is 11.0. The molecule has 0 heterocycles. The van der Waals surface area contributed by atoms with Crippen LogP contribution < -0.4 is 15.4 Å². The number of ether oxygens (including phenoxy) is 2. The zero-order valence-corrected chi connectivity index (χ0v) is 18.0. The molecule has 1 unspecified atom stereocenters. The van der Waals surface area contributed by atoms with E-state index >= 15 is 0 Å². The quantitative estimate of drug-likeness (QED) is 0.680. The lowest BCUT2D eigenvalue weighted by molar-refractivity contribution is -0.122. The molecule has 2 amide bonds. The molecule has 0 radical (unpaired) electrons. The van der Waals surface area contributed by atoms with Gasteiger partial charge in [-0.25, -0.2) is 4.79 Å². The van der Waals surface area contributed by atoms with Crippen LogP contribution >= 0.6 is 0 Å². The highest BCUT2D eigenvalue weighted by Gasteiger charge is 2.22. The van der Waals surface area contributed by atoms with Crippen LogP contribution in [0.5, 0.6) is 5.75 Å². The summed E-state index contributed by atoms with van der Waals surface area (Å²) in [4.78, 5) is 24.0. The van der Waals surface area contributed by atoms with Crippen molar-refractivity contribution in [1.82, 2.24) is 10.6 Å². The molecule has 0 saturated heterocycles. The Morgan fingerprint density at radius 2 is 1.70 bits per heavy atom. The summed E-state index contributed by atoms with van der Waals surface area (Å²) in [6.07, 6.45) is 3.46. The number of hydrogen-bond acceptors (Lipinski definition) is 4. The number of alkyl carbamates (subject to hydrolysis) is 1. The van der Waals surface area contributed by atoms with Crippen LogP contribution in [-0.4, -0.2) is 30.7 Å². The lowest BCUT2D eigenvalue weighted by Crippen LogP contribution is -2.47. The third kappa shape index (κ3) is 8.39. The summed E-state index contributed by atoms with van der Waals surface area (Å²) >= 11 is 0. The van der Waals surface area contributed by atoms with Crippen LogP contribution in [0.25, 0.3) is 6.08 Å². The van der Waals surface area contributed by atoms with Gasteiger partial charge in [0.15, 0.2) is 0 Å². The van der Waals surface area contributed by atoms with Crippen molar-refractivity contribution in [1.29, 1.82) is 0 Å². The van der Waals surface area contributed by atoms with Crippen molar-refractivity contribution in [3.8, 4) is 5.75 Å². The van der Waals surface area contributed by atoms with E-state index in [9.17, 15) is 9.59 Å². The summed E-state index contributed by atoms with van der Waals surface area (Å²) in [5, 5.41) is 5.16. The van der Waals surface area contributed by atoms with Crippen molar-refractivity contribution in [2.24, 2.45) is 0 Å². The summed E-state index contributed by atoms with van der Waals surface area (Å²) in [7, 11) is 1.53. The molecule has 0 aliphatic heterocycles. The van der Waals surface area contributed by atoms with Crippen LogP contribution in [0.3, 0.4) is 0 Å². The summed E-state index contributed by atoms with van der Waals surface area (Å²) in [6.45, 7) is 5.83. The van der Waals surface area contributed by atoms with Gasteiger partial charge >= 0.3 is 6.09 Å². The van der Waals surface area contributed by atoms with Gasteiger partial charge in [0, 0.05) is 7.05 Å². The number of amides is 2. The third-order valence-corrected chi connectivity index (χ3v) is 4.06. The van der Waals surface area contributed by atoms with Crippen LogP contribution in [0.2, 0.25) is 0 Å². The maximum Gasteiger partial charge on any atom is 0.408 e. The van der Waals surface area contributed by atoms with Crippen molar-refractivity contribution in [3.63, 3.8) is 0 Å². The minimum absolute atomic E-state index is 0.282. The van der Waals surface area contributed by atoms with Gasteiger partial charge < -0.3 is 20.1 Å². The van der Waals surface area contributed by atoms with Crippen LogP contribution in [-0.2, 0) is 16.1 Å². The number of rotatable bonds is 8. The molecule has 2 N–H and O–H groups in total. The molecule has 0 aliphatic rings. The van der Waals surface area contributed by atoms with E-state index in [0.717, 1.165) is 16.9 Å². The molecule has 30 heavy (non-hydrogen) atoms. The summed E-state index contributed by atoms with van der Waals surface area (Å²) in [6, 6.07) is 16.9. The molecule has 2 rings (SSSR count). The SMILES string of the molecule is CNC(=O)C(C/C=C/c1ccc(OCc2ccccc2)cc1)NC(=O)OC(C)(C)C. The Morgan fingerprint density at radius 3 is 2.30 bits per heavy atom. The average Bonchev–Trinajstić information content (AvgIpc) is 2.71. The van der Waals surface area contributed by atoms with E-state index < -0.39 is 17.7 Å². The Kier molecular flexibility index (Phi) is 8.47. The minimum Gasteiger partial charge on any atom is -0.489 e. The Hall–Kier alpha value is -3.28. The first kappa shape index (κ1) is 23.0. The van der Waals surface area contributed by atoms with Gasteiger partial charge in [0.05, 0.1) is 0 Å². The second-order valence-corrected chi connectivity index (χ2v) is 7.79. The summed E-state index contributed by atoms with van der Waals surface area (Å²) in [5.41, 5.74) is 1.45. The fraction of sp³-hybridized carbons (Fsp3) is 0.333. The largest absolute Gasteiger partial charge is 0.489 e. The van der Waals surface area contributed by atoms with Gasteiger partial charge in [-0.2, -0.15) is 0 Å². The molecule has 0 spiro atoms. The van der Waals surface area contributed by atoms with Gasteiger partial charge in [0.25, 0.3) is 0 Å². The average molecular weight is 411 g/mol. The molecular formula is C24H30N2O4. The van der Waals surface area contributed by atoms with Gasteiger partial charge in [-0.1, -0.05) is 54.6 Å². The number of carbonyl (C=O) groups is 2. The Balaban J connectivity index is 1.89. The van der Waals surface area contributed by atoms with Crippen molar-refractivity contribution in [2.75, 3.05) is 7.05 Å². The zero-order chi connectivity index (χ0) is 22.0. The Bertz CT molecular complexity index is 840. The topological polar surface area (TPSA) is 76.7 Å². The minimum atomic E-state index is -0.713. The highest BCUT2D eigenvalue weighted by Crippen LogP contribution is 2.15. The predicted molar refractivity (Wildman–Crippen MR) is 118 cm³/mol. The number of carbonyl (C=O) groups excluding carboxylic acids is 2. The molecule has 1 atom stereocenters. The Morgan fingerprint density at radius 1 is 1.03 bits per heavy atom. The molecule has 0 aliphatic carbocycles. The Labute approximate surface area is 178 Å². The highest BCUT2D eigenvalue weighted by molar-refractivity contribution is 5.85. The van der Waals surface area contributed by atoms with Crippen molar-refractivity contribution in [2.45, 2.75) is 45.4 Å². The normalized spacial score (nSPS) is 12.3. The van der Waals surface area contributed by atoms with E-state index in [-0.39, 0.29) is 5.91 Å². The van der Waals surface area contributed by atoms with E-state index in [1.54, 1.807) is 20.8 Å². The van der Waals surface area contributed by atoms with Crippen LogP contribution in [0.1, 0.15) is 38.3 Å². The van der Waals surface area contributed by atoms with Gasteiger partial charge in [-0.05, 0) is 50.5 Å². The first-order chi connectivity index (χ1) is 14.3. The molecule has 0 saturated carbocycles. The van der Waals surface area contributed by atoms with E-state index in [0.29, 0.717) is 13.0 Å². The molecule has 2 aromatic carbocycles. The molecule has 6 heteroatoms. The lowest BCUT2D eigenvalue weighted by atomic mass is 10.1. The van der Waals surface area contributed by atoms with Gasteiger partial charge in [-0.3, -0.25) is 4.79 Å². The smallest absolute Gasteiger partial charge is 0.408 e. The van der Waals surface area contributed by atoms with Gasteiger partial charge in [0.2, 0.25) is 5.91 Å². The number of hydrogen-bond donors (Lipinski definition) is 2. The number of likely N-dealkylation sites (N-methyl/N-ethyl adjacent to an activating group) is 1. The second-order valence-electron chi connectivity index (χ2n) is 7.79. The standard InChI is InChI=1S/C24H30N2O4/c1-24(2,3)30-23(28)26-21(22(27)25-4)12-8-11-18-13-15-20(16-14-18)29-17-19-9-6-5-7-10-19/h5-11,13-16,21H,12,17H2,1-4H3,(H,25,27)(H,26,28)/b11-8+. The highest BCUT2D eigenvalue weighted by atomic mass is 16.6. The number of nitrogens with one attached hydrogen (secondary N) is 2. The fourth-order valence-electron chi connectivity index (χ4n) is 2.61. The molecular weight excluding hydrogens is 380 g/mol. The molecule has 2 aromatic rings. The molecule has 0 fully saturated rings. The maximum atomic E-state index is 12.1. The molecule has 0 bridgehead atoms. The summed E-state index contributed by atoms with van der Waals surface area (Å²) in [5.74, 6) is 0.501. The van der Waals surface area contributed by atoms with E-state index in [1.165, 1.54) is 7.05 Å². The van der Waals surface area contributed by atoms with E-state index in [2.05, 4.69) is 10.6 Å². The van der Waals surface area contributed by atoms with Crippen LogP contribution in [0.15, 0.2) is 60.7 Å². The van der Waals surface area contributed by atoms with E-state index in [4.69, 9.17) is 9.47 Å². The van der Waals surface area contributed by atoms with Crippen molar-refractivity contribution in [3.05, 3.63) is 71.8 Å². The van der Waals surface area contributed by atoms with Crippen molar-refractivity contribution < 1.29 is 19.1 Å². The van der Waals surface area contributed by atoms with Gasteiger partial charge in [-0.15, -0.1) is 0 Å². The predicted octanol–water partition coefficient (Wildman–Crippen LogP) is 4.31. The van der Waals surface area contributed by atoms with Gasteiger partial charge in [0.1, 0.15) is 24.0 Å². The maximum absolute atomic E-state index is 12.1. The van der Waals surface area contributed by atoms with Crippen molar-refractivity contribution >= 4 is 18.1 Å². The fourth-order valence-corrected chi connectivity index (χ4v) is 2.61. The second kappa shape index (κ2) is 11.0. The number of benzene rings is 2. The zero-order valence-electron chi connectivity index (χ0n) is 18.0. The van der Waals surface area contributed by atoms with E-state index in [1.807, 2.05) is 66.7 Å². The monoisotopic (exact) mass is 410 g/mol. The van der Waals surface area contributed by atoms with Crippen LogP contribution in [0, 0.1) is 0 Å². The first-order valence-corrected chi connectivity index (χ1v) is 9.91. The first-order valence-electron chi connectivity index (χ1n) is 9.91. The molecule has 160 valence electrons.